The van der Waals surface area contributed by atoms with E-state index in [1.165, 1.54) is 18.3 Å². The maximum Gasteiger partial charge on any atom is 0.351 e. The molecule has 0 aliphatic rings. The van der Waals surface area contributed by atoms with Crippen molar-refractivity contribution in [2.75, 3.05) is 13.2 Å². The van der Waals surface area contributed by atoms with Gasteiger partial charge >= 0.3 is 7.60 Å². The largest absolute Gasteiger partial charge is 0.351 e. The minimum atomic E-state index is -3.56. The van der Waals surface area contributed by atoms with E-state index in [-0.39, 0.29) is 18.8 Å². The van der Waals surface area contributed by atoms with E-state index in [1.807, 2.05) is 0 Å². The van der Waals surface area contributed by atoms with Gasteiger partial charge in [0, 0.05) is 11.8 Å². The van der Waals surface area contributed by atoms with Gasteiger partial charge in [0.2, 0.25) is 5.95 Å². The number of pyridine rings is 1. The summed E-state index contributed by atoms with van der Waals surface area (Å²) in [6.07, 6.45) is 1.29. The van der Waals surface area contributed by atoms with Crippen LogP contribution in [-0.4, -0.2) is 18.2 Å². The molecule has 2 N–H and O–H groups in total. The van der Waals surface area contributed by atoms with Crippen LogP contribution in [0.1, 0.15) is 25.2 Å². The summed E-state index contributed by atoms with van der Waals surface area (Å²) in [5.74, 6) is -1.93. The molecule has 0 saturated carbocycles. The topological polar surface area (TPSA) is 74.4 Å². The summed E-state index contributed by atoms with van der Waals surface area (Å²) in [6, 6.07) is 2.93. The van der Waals surface area contributed by atoms with Crippen molar-refractivity contribution in [1.29, 1.82) is 0 Å². The highest BCUT2D eigenvalue weighted by Gasteiger charge is 2.35. The number of halogens is 1. The molecule has 0 fully saturated rings. The Kier molecular flexibility index (Phi) is 5.21. The fourth-order valence-corrected chi connectivity index (χ4v) is 3.00. The van der Waals surface area contributed by atoms with E-state index < -0.39 is 19.3 Å². The van der Waals surface area contributed by atoms with Gasteiger partial charge in [0.15, 0.2) is 0 Å². The quantitative estimate of drug-likeness (QED) is 0.629. The van der Waals surface area contributed by atoms with Crippen LogP contribution in [0.2, 0.25) is 0 Å². The summed E-state index contributed by atoms with van der Waals surface area (Å²) < 4.78 is 35.8. The predicted octanol–water partition coefficient (Wildman–Crippen LogP) is 2.44. The first-order chi connectivity index (χ1) is 8.05. The van der Waals surface area contributed by atoms with E-state index in [2.05, 4.69) is 4.98 Å². The minimum Gasteiger partial charge on any atom is -0.314 e. The first-order valence-electron chi connectivity index (χ1n) is 5.30. The second kappa shape index (κ2) is 6.21. The first kappa shape index (κ1) is 14.3. The summed E-state index contributed by atoms with van der Waals surface area (Å²) in [5, 5.41) is 0. The van der Waals surface area contributed by atoms with Crippen molar-refractivity contribution in [1.82, 2.24) is 4.98 Å². The van der Waals surface area contributed by atoms with Gasteiger partial charge in [-0.15, -0.1) is 0 Å². The van der Waals surface area contributed by atoms with Gasteiger partial charge in [-0.05, 0) is 19.9 Å². The molecular weight excluding hydrogens is 246 g/mol. The van der Waals surface area contributed by atoms with E-state index in [1.54, 1.807) is 13.8 Å². The number of hydrogen-bond acceptors (Lipinski definition) is 5. The maximum atomic E-state index is 13.4. The zero-order chi connectivity index (χ0) is 12.9. The fraction of sp³-hybridized carbons (Fsp3) is 0.500. The summed E-state index contributed by atoms with van der Waals surface area (Å²) in [4.78, 5) is 3.46. The Morgan fingerprint density at radius 1 is 1.47 bits per heavy atom. The van der Waals surface area contributed by atoms with Gasteiger partial charge in [0.25, 0.3) is 0 Å². The summed E-state index contributed by atoms with van der Waals surface area (Å²) >= 11 is 0. The molecule has 0 spiro atoms. The van der Waals surface area contributed by atoms with Crippen LogP contribution in [0.4, 0.5) is 4.39 Å². The average molecular weight is 262 g/mol. The van der Waals surface area contributed by atoms with Crippen LogP contribution in [0.3, 0.4) is 0 Å². The lowest BCUT2D eigenvalue weighted by Gasteiger charge is -2.23. The van der Waals surface area contributed by atoms with Crippen LogP contribution in [0, 0.1) is 5.95 Å². The van der Waals surface area contributed by atoms with E-state index in [9.17, 15) is 8.96 Å². The monoisotopic (exact) mass is 262 g/mol. The first-order valence-corrected chi connectivity index (χ1v) is 6.91. The summed E-state index contributed by atoms with van der Waals surface area (Å²) in [7, 11) is -3.56. The van der Waals surface area contributed by atoms with Gasteiger partial charge in [-0.2, -0.15) is 4.39 Å². The molecule has 0 unspecified atom stereocenters. The van der Waals surface area contributed by atoms with Crippen LogP contribution in [0.25, 0.3) is 0 Å². The van der Waals surface area contributed by atoms with Gasteiger partial charge in [0.1, 0.15) is 5.78 Å². The Hall–Kier alpha value is -0.810. The fourth-order valence-electron chi connectivity index (χ4n) is 1.35. The molecule has 0 aliphatic carbocycles. The highest BCUT2D eigenvalue weighted by molar-refractivity contribution is 7.54. The zero-order valence-electron chi connectivity index (χ0n) is 9.80. The second-order valence-corrected chi connectivity index (χ2v) is 5.36. The third-order valence-corrected chi connectivity index (χ3v) is 4.26. The number of aromatic nitrogens is 1. The molecule has 0 radical (unpaired) electrons. The number of nitrogens with zero attached hydrogens (tertiary/aromatic N) is 1. The molecule has 1 aromatic heterocycles. The standard InChI is InChI=1S/C10H16FN2O3P/c1-3-15-17(14,16-4-2)10(12)8-6-5-7-13-9(8)11/h5-7,10H,3-4,12H2,1-2H3/t10-/m1/s1. The molecule has 17 heavy (non-hydrogen) atoms. The zero-order valence-corrected chi connectivity index (χ0v) is 10.7. The smallest absolute Gasteiger partial charge is 0.314 e. The van der Waals surface area contributed by atoms with Gasteiger partial charge in [-0.3, -0.25) is 4.57 Å². The predicted molar refractivity (Wildman–Crippen MR) is 62.0 cm³/mol. The average Bonchev–Trinajstić information content (AvgIpc) is 2.29. The van der Waals surface area contributed by atoms with Crippen LogP contribution in [0.15, 0.2) is 18.3 Å². The molecule has 1 rings (SSSR count). The maximum absolute atomic E-state index is 13.4. The molecule has 5 nitrogen and oxygen atoms in total. The lowest BCUT2D eigenvalue weighted by atomic mass is 10.3. The SMILES string of the molecule is CCOP(=O)(OCC)[C@@H](N)c1cccnc1F. The number of rotatable bonds is 6. The molecule has 0 amide bonds. The Morgan fingerprint density at radius 3 is 2.53 bits per heavy atom. The molecule has 1 atom stereocenters. The molecule has 0 saturated heterocycles. The van der Waals surface area contributed by atoms with Gasteiger partial charge < -0.3 is 14.8 Å². The van der Waals surface area contributed by atoms with E-state index in [0.717, 1.165) is 0 Å². The molecule has 96 valence electrons. The van der Waals surface area contributed by atoms with Crippen molar-refractivity contribution in [3.8, 4) is 0 Å². The molecule has 0 aliphatic heterocycles. The summed E-state index contributed by atoms with van der Waals surface area (Å²) in [5.41, 5.74) is 5.78. The molecule has 1 aromatic rings. The van der Waals surface area contributed by atoms with E-state index in [4.69, 9.17) is 14.8 Å². The Bertz CT molecular complexity index is 406. The molecule has 1 heterocycles. The Labute approximate surface area is 99.7 Å². The second-order valence-electron chi connectivity index (χ2n) is 3.20. The van der Waals surface area contributed by atoms with E-state index >= 15 is 0 Å². The van der Waals surface area contributed by atoms with Crippen molar-refractivity contribution in [2.24, 2.45) is 5.73 Å². The normalized spacial score (nSPS) is 13.6. The summed E-state index contributed by atoms with van der Waals surface area (Å²) in [6.45, 7) is 3.68. The highest BCUT2D eigenvalue weighted by Crippen LogP contribution is 2.58. The minimum absolute atomic E-state index is 0.0257. The number of hydrogen-bond donors (Lipinski definition) is 1. The van der Waals surface area contributed by atoms with Crippen molar-refractivity contribution < 1.29 is 18.0 Å². The molecule has 0 aromatic carbocycles. The van der Waals surface area contributed by atoms with E-state index in [0.29, 0.717) is 0 Å². The van der Waals surface area contributed by atoms with Crippen molar-refractivity contribution >= 4 is 7.60 Å². The molecular formula is C10H16FN2O3P. The van der Waals surface area contributed by atoms with Gasteiger partial charge in [0.05, 0.1) is 13.2 Å². The third-order valence-electron chi connectivity index (χ3n) is 2.07. The molecule has 0 bridgehead atoms. The van der Waals surface area contributed by atoms with Crippen molar-refractivity contribution in [2.45, 2.75) is 19.6 Å². The van der Waals surface area contributed by atoms with Gasteiger partial charge in [-0.25, -0.2) is 4.98 Å². The van der Waals surface area contributed by atoms with Crippen molar-refractivity contribution in [3.05, 3.63) is 29.8 Å². The van der Waals surface area contributed by atoms with Crippen LogP contribution in [-0.2, 0) is 13.6 Å². The van der Waals surface area contributed by atoms with Crippen LogP contribution < -0.4 is 5.73 Å². The lowest BCUT2D eigenvalue weighted by molar-refractivity contribution is 0.211. The lowest BCUT2D eigenvalue weighted by Crippen LogP contribution is -2.16. The Morgan fingerprint density at radius 2 is 2.06 bits per heavy atom. The Balaban J connectivity index is 3.04. The van der Waals surface area contributed by atoms with Crippen molar-refractivity contribution in [3.63, 3.8) is 0 Å². The molecule has 7 heteroatoms. The third kappa shape index (κ3) is 3.33. The number of nitrogens with two attached hydrogens (primary N) is 1. The van der Waals surface area contributed by atoms with Gasteiger partial charge in [-0.1, -0.05) is 6.07 Å². The van der Waals surface area contributed by atoms with Crippen LogP contribution >= 0.6 is 7.60 Å². The highest BCUT2D eigenvalue weighted by atomic mass is 31.2. The van der Waals surface area contributed by atoms with Crippen LogP contribution in [0.5, 0.6) is 0 Å².